The van der Waals surface area contributed by atoms with Gasteiger partial charge in [-0.05, 0) is 19.1 Å². The normalized spacial score (nSPS) is 14.4. The Hall–Kier alpha value is -2.33. The minimum absolute atomic E-state index is 0.594. The Morgan fingerprint density at radius 1 is 0.917 bits per heavy atom. The number of para-hydroxylation sites is 1. The van der Waals surface area contributed by atoms with Crippen LogP contribution in [-0.2, 0) is 6.54 Å². The fourth-order valence-electron chi connectivity index (χ4n) is 2.44. The van der Waals surface area contributed by atoms with Gasteiger partial charge in [-0.1, -0.05) is 18.2 Å². The van der Waals surface area contributed by atoms with Gasteiger partial charge in [0.05, 0.1) is 0 Å². The molecule has 3 rings (SSSR count). The molecule has 0 radical (unpaired) electrons. The number of halogens is 6. The van der Waals surface area contributed by atoms with Crippen molar-refractivity contribution in [2.24, 2.45) is 0 Å². The average Bonchev–Trinajstić information content (AvgIpc) is 2.77. The molecule has 0 fully saturated rings. The zero-order chi connectivity index (χ0) is 18.2. The van der Waals surface area contributed by atoms with Gasteiger partial charge in [0.15, 0.2) is 4.98 Å². The predicted molar refractivity (Wildman–Crippen MR) is 83.4 cm³/mol. The summed E-state index contributed by atoms with van der Waals surface area (Å²) < 4.78 is 61.5. The van der Waals surface area contributed by atoms with Crippen molar-refractivity contribution < 1.29 is 25.2 Å². The number of benzene rings is 2. The molecule has 0 saturated heterocycles. The third-order valence-electron chi connectivity index (χ3n) is 3.19. The molecule has 2 aromatic carbocycles. The molecule has 0 aliphatic carbocycles. The van der Waals surface area contributed by atoms with Crippen molar-refractivity contribution in [1.82, 2.24) is 4.57 Å². The third kappa shape index (κ3) is 4.83. The molecule has 0 bridgehead atoms. The Labute approximate surface area is 132 Å². The number of aryl methyl sites for hydroxylation is 1. The van der Waals surface area contributed by atoms with Crippen molar-refractivity contribution in [2.45, 2.75) is 13.5 Å². The van der Waals surface area contributed by atoms with Gasteiger partial charge >= 0.3 is 38.7 Å². The Bertz CT molecular complexity index is 943. The fourth-order valence-corrected chi connectivity index (χ4v) is 2.44. The van der Waals surface area contributed by atoms with Crippen LogP contribution in [0.5, 0.6) is 0 Å². The van der Waals surface area contributed by atoms with Gasteiger partial charge in [-0.15, -0.1) is 0 Å². The van der Waals surface area contributed by atoms with Crippen LogP contribution in [0.3, 0.4) is 0 Å². The zero-order valence-corrected chi connectivity index (χ0v) is 13.2. The van der Waals surface area contributed by atoms with Gasteiger partial charge < -0.3 is 4.57 Å². The molecule has 0 unspecified atom stereocenters. The molecule has 0 spiro atoms. The Morgan fingerprint density at radius 2 is 1.46 bits per heavy atom. The van der Waals surface area contributed by atoms with Crippen LogP contribution >= 0.6 is 7.81 Å². The van der Waals surface area contributed by atoms with E-state index in [9.17, 15) is 25.2 Å². The molecule has 0 saturated carbocycles. The quantitative estimate of drug-likeness (QED) is 0.247. The Balaban J connectivity index is 0.000000256. The van der Waals surface area contributed by atoms with Crippen LogP contribution in [0.25, 0.3) is 26.8 Å². The van der Waals surface area contributed by atoms with Gasteiger partial charge in [0.25, 0.3) is 0 Å². The van der Waals surface area contributed by atoms with Gasteiger partial charge in [0.1, 0.15) is 0 Å². The van der Waals surface area contributed by atoms with E-state index in [1.54, 1.807) is 0 Å². The van der Waals surface area contributed by atoms with Gasteiger partial charge in [0.2, 0.25) is 5.39 Å². The van der Waals surface area contributed by atoms with Crippen LogP contribution in [0.2, 0.25) is 0 Å². The van der Waals surface area contributed by atoms with E-state index in [0.717, 1.165) is 11.9 Å². The first-order valence-electron chi connectivity index (χ1n) is 6.72. The van der Waals surface area contributed by atoms with Crippen molar-refractivity contribution in [3.8, 4) is 0 Å². The van der Waals surface area contributed by atoms with E-state index in [2.05, 4.69) is 28.6 Å². The molecular formula is C14H12F6N3P. The first kappa shape index (κ1) is 18.0. The Kier molecular flexibility index (Phi) is 3.81. The molecule has 0 atom stereocenters. The minimum atomic E-state index is -10.7. The Morgan fingerprint density at radius 3 is 2.00 bits per heavy atom. The number of hydrogen-bond donors (Lipinski definition) is 0. The van der Waals surface area contributed by atoms with Gasteiger partial charge in [0, 0.05) is 40.5 Å². The van der Waals surface area contributed by atoms with Crippen LogP contribution in [0.4, 0.5) is 30.9 Å². The van der Waals surface area contributed by atoms with Crippen molar-refractivity contribution in [3.05, 3.63) is 47.4 Å². The zero-order valence-electron chi connectivity index (χ0n) is 12.3. The first-order chi connectivity index (χ1) is 10.8. The molecule has 10 heteroatoms. The molecule has 3 aromatic rings. The molecule has 3 nitrogen and oxygen atoms in total. The van der Waals surface area contributed by atoms with Crippen molar-refractivity contribution >= 4 is 35.3 Å². The second-order valence-electron chi connectivity index (χ2n) is 5.02. The number of rotatable bonds is 1. The van der Waals surface area contributed by atoms with Crippen LogP contribution in [0, 0.1) is 5.39 Å². The molecule has 0 aliphatic rings. The monoisotopic (exact) mass is 367 g/mol. The topological polar surface area (TPSA) is 33.1 Å². The summed E-state index contributed by atoms with van der Waals surface area (Å²) >= 11 is 0. The van der Waals surface area contributed by atoms with Crippen LogP contribution < -0.4 is 0 Å². The maximum atomic E-state index is 9.87. The molecule has 0 aliphatic heterocycles. The molecule has 1 heterocycles. The number of nitrogens with zero attached hydrogens (tertiary/aromatic N) is 3. The van der Waals surface area contributed by atoms with Gasteiger partial charge in [-0.3, -0.25) is 0 Å². The summed E-state index contributed by atoms with van der Waals surface area (Å²) in [5.74, 6) is 0. The van der Waals surface area contributed by atoms with Crippen molar-refractivity contribution in [3.63, 3.8) is 0 Å². The summed E-state index contributed by atoms with van der Waals surface area (Å²) in [5.41, 5.74) is 3.00. The van der Waals surface area contributed by atoms with Crippen LogP contribution in [0.15, 0.2) is 42.5 Å². The number of fused-ring (bicyclic) bond motifs is 3. The second kappa shape index (κ2) is 5.08. The summed E-state index contributed by atoms with van der Waals surface area (Å²) in [6.45, 7) is 3.07. The molecular weight excluding hydrogens is 355 g/mol. The van der Waals surface area contributed by atoms with Crippen molar-refractivity contribution in [2.75, 3.05) is 0 Å². The summed E-state index contributed by atoms with van der Waals surface area (Å²) in [7, 11) is -10.7. The maximum absolute atomic E-state index is 10.7. The van der Waals surface area contributed by atoms with Crippen LogP contribution in [0.1, 0.15) is 6.92 Å². The van der Waals surface area contributed by atoms with Crippen LogP contribution in [-0.4, -0.2) is 4.57 Å². The molecule has 1 aromatic heterocycles. The fraction of sp³-hybridized carbons (Fsp3) is 0.143. The molecule has 0 N–H and O–H groups in total. The summed E-state index contributed by atoms with van der Waals surface area (Å²) in [4.78, 5) is 3.25. The van der Waals surface area contributed by atoms with E-state index >= 15 is 0 Å². The summed E-state index contributed by atoms with van der Waals surface area (Å²) in [6, 6.07) is 14.1. The SMILES string of the molecule is CCn1c2ccccc2c2cc([N+]#N)ccc21.F[P-](F)(F)(F)(F)F. The van der Waals surface area contributed by atoms with E-state index < -0.39 is 7.81 Å². The van der Waals surface area contributed by atoms with E-state index in [4.69, 9.17) is 5.39 Å². The summed E-state index contributed by atoms with van der Waals surface area (Å²) in [6.07, 6.45) is 0. The first-order valence-corrected chi connectivity index (χ1v) is 8.75. The van der Waals surface area contributed by atoms with E-state index in [0.29, 0.717) is 5.69 Å². The second-order valence-corrected chi connectivity index (χ2v) is 6.94. The van der Waals surface area contributed by atoms with Crippen molar-refractivity contribution in [1.29, 1.82) is 5.39 Å². The third-order valence-corrected chi connectivity index (χ3v) is 3.19. The number of aromatic nitrogens is 1. The standard InChI is InChI=1S/C14H12N3.F6P/c1-2-17-13-6-4-3-5-11(13)12-9-10(16-15)7-8-14(12)17;1-7(2,3,4,5)6/h3-9H,2H2,1H3;/q+1;-1. The molecule has 130 valence electrons. The van der Waals surface area contributed by atoms with E-state index in [-0.39, 0.29) is 0 Å². The van der Waals surface area contributed by atoms with E-state index in [1.807, 2.05) is 30.3 Å². The summed E-state index contributed by atoms with van der Waals surface area (Å²) in [5, 5.41) is 11.2. The van der Waals surface area contributed by atoms with Gasteiger partial charge in [-0.2, -0.15) is 0 Å². The predicted octanol–water partition coefficient (Wildman–Crippen LogP) is 7.68. The van der Waals surface area contributed by atoms with E-state index in [1.165, 1.54) is 16.4 Å². The average molecular weight is 367 g/mol. The van der Waals surface area contributed by atoms with Gasteiger partial charge in [-0.25, -0.2) is 0 Å². The number of diazo groups is 1. The molecule has 24 heavy (non-hydrogen) atoms. The molecule has 0 amide bonds. The number of hydrogen-bond acceptors (Lipinski definition) is 1.